The lowest BCUT2D eigenvalue weighted by Crippen LogP contribution is -2.42. The van der Waals surface area contributed by atoms with Crippen molar-refractivity contribution in [2.24, 2.45) is 5.92 Å². The normalized spacial score (nSPS) is 20.2. The number of hydrogen-bond donors (Lipinski definition) is 1. The largest absolute Gasteiger partial charge is 0.481 e. The summed E-state index contributed by atoms with van der Waals surface area (Å²) in [7, 11) is -3.82. The van der Waals surface area contributed by atoms with Crippen molar-refractivity contribution in [2.45, 2.75) is 17.7 Å². The second kappa shape index (κ2) is 5.61. The van der Waals surface area contributed by atoms with E-state index in [1.807, 2.05) is 6.07 Å². The van der Waals surface area contributed by atoms with E-state index in [9.17, 15) is 13.2 Å². The van der Waals surface area contributed by atoms with Gasteiger partial charge in [0.15, 0.2) is 0 Å². The lowest BCUT2D eigenvalue weighted by Gasteiger charge is -2.30. The van der Waals surface area contributed by atoms with Gasteiger partial charge in [0.25, 0.3) is 0 Å². The number of carboxylic acids is 1. The smallest absolute Gasteiger partial charge is 0.307 e. The third-order valence-electron chi connectivity index (χ3n) is 3.36. The number of nitrogens with zero attached hydrogens (tertiary/aromatic N) is 2. The molecule has 0 aromatic heterocycles. The van der Waals surface area contributed by atoms with E-state index in [2.05, 4.69) is 0 Å². The molecule has 7 heteroatoms. The van der Waals surface area contributed by atoms with Crippen LogP contribution in [0, 0.1) is 17.2 Å². The molecule has 1 aromatic rings. The molecule has 0 radical (unpaired) electrons. The van der Waals surface area contributed by atoms with Gasteiger partial charge in [0, 0.05) is 13.1 Å². The first-order valence-corrected chi connectivity index (χ1v) is 7.63. The Balaban J connectivity index is 2.35. The van der Waals surface area contributed by atoms with E-state index in [-0.39, 0.29) is 23.5 Å². The van der Waals surface area contributed by atoms with E-state index >= 15 is 0 Å². The maximum absolute atomic E-state index is 12.5. The summed E-state index contributed by atoms with van der Waals surface area (Å²) in [6.07, 6.45) is 0.978. The zero-order valence-corrected chi connectivity index (χ0v) is 11.5. The van der Waals surface area contributed by atoms with Crippen LogP contribution < -0.4 is 0 Å². The molecule has 1 saturated heterocycles. The van der Waals surface area contributed by atoms with Crippen LogP contribution in [0.2, 0.25) is 0 Å². The Bertz CT molecular complexity index is 663. The number of rotatable bonds is 3. The molecule has 0 spiro atoms. The molecule has 0 aliphatic carbocycles. The van der Waals surface area contributed by atoms with Gasteiger partial charge in [-0.15, -0.1) is 0 Å². The summed E-state index contributed by atoms with van der Waals surface area (Å²) in [6, 6.07) is 7.80. The van der Waals surface area contributed by atoms with Gasteiger partial charge in [-0.25, -0.2) is 8.42 Å². The van der Waals surface area contributed by atoms with E-state index < -0.39 is 21.9 Å². The number of carboxylic acid groups (broad SMARTS) is 1. The molecule has 106 valence electrons. The van der Waals surface area contributed by atoms with Crippen LogP contribution in [0.15, 0.2) is 29.2 Å². The number of piperidine rings is 1. The van der Waals surface area contributed by atoms with Gasteiger partial charge >= 0.3 is 5.97 Å². The Kier molecular flexibility index (Phi) is 4.06. The molecular weight excluding hydrogens is 280 g/mol. The highest BCUT2D eigenvalue weighted by Crippen LogP contribution is 2.25. The van der Waals surface area contributed by atoms with Crippen LogP contribution in [0.25, 0.3) is 0 Å². The van der Waals surface area contributed by atoms with Crippen LogP contribution in [0.1, 0.15) is 18.4 Å². The van der Waals surface area contributed by atoms with Crippen molar-refractivity contribution in [3.05, 3.63) is 29.8 Å². The molecule has 2 rings (SSSR count). The number of carbonyl (C=O) groups is 1. The number of sulfonamides is 1. The first-order chi connectivity index (χ1) is 9.46. The van der Waals surface area contributed by atoms with Gasteiger partial charge in [-0.3, -0.25) is 4.79 Å². The summed E-state index contributed by atoms with van der Waals surface area (Å²) >= 11 is 0. The lowest BCUT2D eigenvalue weighted by molar-refractivity contribution is -0.142. The van der Waals surface area contributed by atoms with Crippen LogP contribution in [0.5, 0.6) is 0 Å². The molecule has 1 N–H and O–H groups in total. The molecule has 1 aliphatic heterocycles. The molecule has 0 amide bonds. The molecule has 0 unspecified atom stereocenters. The van der Waals surface area contributed by atoms with Crippen molar-refractivity contribution in [3.8, 4) is 6.07 Å². The third kappa shape index (κ3) is 2.66. The van der Waals surface area contributed by atoms with E-state index in [0.717, 1.165) is 4.31 Å². The first-order valence-electron chi connectivity index (χ1n) is 6.19. The minimum absolute atomic E-state index is 0.0442. The molecule has 1 atom stereocenters. The van der Waals surface area contributed by atoms with Crippen molar-refractivity contribution < 1.29 is 18.3 Å². The Morgan fingerprint density at radius 1 is 1.40 bits per heavy atom. The molecule has 6 nitrogen and oxygen atoms in total. The molecule has 1 heterocycles. The van der Waals surface area contributed by atoms with E-state index in [0.29, 0.717) is 12.8 Å². The average molecular weight is 294 g/mol. The van der Waals surface area contributed by atoms with Gasteiger partial charge in [-0.1, -0.05) is 12.1 Å². The van der Waals surface area contributed by atoms with E-state index in [1.165, 1.54) is 12.1 Å². The second-order valence-electron chi connectivity index (χ2n) is 4.65. The van der Waals surface area contributed by atoms with Gasteiger partial charge in [0.1, 0.15) is 6.07 Å². The second-order valence-corrected chi connectivity index (χ2v) is 6.55. The third-order valence-corrected chi connectivity index (χ3v) is 5.28. The molecule has 1 aliphatic rings. The van der Waals surface area contributed by atoms with Crippen molar-refractivity contribution in [1.29, 1.82) is 5.26 Å². The maximum atomic E-state index is 12.5. The zero-order chi connectivity index (χ0) is 14.8. The zero-order valence-electron chi connectivity index (χ0n) is 10.7. The van der Waals surface area contributed by atoms with Crippen LogP contribution in [0.3, 0.4) is 0 Å². The van der Waals surface area contributed by atoms with Crippen LogP contribution in [0.4, 0.5) is 0 Å². The predicted octanol–water partition coefficient (Wildman–Crippen LogP) is 1.04. The standard InChI is InChI=1S/C13H14N2O4S/c14-8-10-4-1-2-6-12(10)20(18,19)15-7-3-5-11(9-15)13(16)17/h1-2,4,6,11H,3,5,7,9H2,(H,16,17)/t11-/m0/s1. The average Bonchev–Trinajstić information content (AvgIpc) is 2.47. The monoisotopic (exact) mass is 294 g/mol. The number of aliphatic carboxylic acids is 1. The predicted molar refractivity (Wildman–Crippen MR) is 70.3 cm³/mol. The minimum atomic E-state index is -3.82. The van der Waals surface area contributed by atoms with E-state index in [4.69, 9.17) is 10.4 Å². The van der Waals surface area contributed by atoms with E-state index in [1.54, 1.807) is 12.1 Å². The number of hydrogen-bond acceptors (Lipinski definition) is 4. The Morgan fingerprint density at radius 3 is 2.75 bits per heavy atom. The van der Waals surface area contributed by atoms with Crippen LogP contribution in [-0.2, 0) is 14.8 Å². The molecule has 0 saturated carbocycles. The molecule has 20 heavy (non-hydrogen) atoms. The number of nitriles is 1. The fraction of sp³-hybridized carbons (Fsp3) is 0.385. The first kappa shape index (κ1) is 14.5. The fourth-order valence-electron chi connectivity index (χ4n) is 2.29. The summed E-state index contributed by atoms with van der Waals surface area (Å²) < 4.78 is 26.2. The Morgan fingerprint density at radius 2 is 2.10 bits per heavy atom. The summed E-state index contributed by atoms with van der Waals surface area (Å²) in [5.41, 5.74) is 0.0740. The van der Waals surface area contributed by atoms with Gasteiger partial charge < -0.3 is 5.11 Å². The summed E-state index contributed by atoms with van der Waals surface area (Å²) in [6.45, 7) is 0.239. The van der Waals surface area contributed by atoms with Crippen LogP contribution in [-0.4, -0.2) is 36.9 Å². The van der Waals surface area contributed by atoms with Crippen molar-refractivity contribution >= 4 is 16.0 Å². The Labute approximate surface area is 117 Å². The lowest BCUT2D eigenvalue weighted by atomic mass is 10.0. The Hall–Kier alpha value is -1.91. The SMILES string of the molecule is N#Cc1ccccc1S(=O)(=O)N1CCC[C@H](C(=O)O)C1. The van der Waals surface area contributed by atoms with Crippen molar-refractivity contribution in [3.63, 3.8) is 0 Å². The topological polar surface area (TPSA) is 98.5 Å². The van der Waals surface area contributed by atoms with Crippen LogP contribution >= 0.6 is 0 Å². The summed E-state index contributed by atoms with van der Waals surface area (Å²) in [4.78, 5) is 11.0. The molecule has 1 fully saturated rings. The highest BCUT2D eigenvalue weighted by molar-refractivity contribution is 7.89. The van der Waals surface area contributed by atoms with Gasteiger partial charge in [-0.05, 0) is 25.0 Å². The highest BCUT2D eigenvalue weighted by Gasteiger charge is 2.34. The van der Waals surface area contributed by atoms with Gasteiger partial charge in [0.2, 0.25) is 10.0 Å². The number of benzene rings is 1. The maximum Gasteiger partial charge on any atom is 0.307 e. The fourth-order valence-corrected chi connectivity index (χ4v) is 3.95. The minimum Gasteiger partial charge on any atom is -0.481 e. The molecule has 1 aromatic carbocycles. The quantitative estimate of drug-likeness (QED) is 0.898. The van der Waals surface area contributed by atoms with Gasteiger partial charge in [-0.2, -0.15) is 9.57 Å². The van der Waals surface area contributed by atoms with Crippen molar-refractivity contribution in [1.82, 2.24) is 4.31 Å². The van der Waals surface area contributed by atoms with Gasteiger partial charge in [0.05, 0.1) is 16.4 Å². The molecular formula is C13H14N2O4S. The molecule has 0 bridgehead atoms. The van der Waals surface area contributed by atoms with Crippen molar-refractivity contribution in [2.75, 3.05) is 13.1 Å². The highest BCUT2D eigenvalue weighted by atomic mass is 32.2. The summed E-state index contributed by atoms with van der Waals surface area (Å²) in [5.74, 6) is -1.67. The summed E-state index contributed by atoms with van der Waals surface area (Å²) in [5, 5.41) is 18.0.